The summed E-state index contributed by atoms with van der Waals surface area (Å²) in [4.78, 5) is 18.6. The molecule has 3 N–H and O–H groups in total. The number of amides is 1. The molecule has 1 unspecified atom stereocenters. The van der Waals surface area contributed by atoms with E-state index in [-0.39, 0.29) is 29.9 Å². The van der Waals surface area contributed by atoms with E-state index in [0.717, 1.165) is 42.7 Å². The molecule has 1 aliphatic rings. The molecule has 9 heteroatoms. The zero-order valence-corrected chi connectivity index (χ0v) is 20.8. The molecule has 1 aromatic carbocycles. The lowest BCUT2D eigenvalue weighted by molar-refractivity contribution is -0.119. The monoisotopic (exact) mass is 540 g/mol. The van der Waals surface area contributed by atoms with Gasteiger partial charge in [-0.3, -0.25) is 9.48 Å². The van der Waals surface area contributed by atoms with Crippen LogP contribution >= 0.6 is 24.0 Å². The van der Waals surface area contributed by atoms with Crippen molar-refractivity contribution in [1.29, 1.82) is 0 Å². The number of carbonyl (C=O) groups is 1. The van der Waals surface area contributed by atoms with E-state index < -0.39 is 5.60 Å². The van der Waals surface area contributed by atoms with Gasteiger partial charge in [-0.1, -0.05) is 12.1 Å². The average Bonchev–Trinajstić information content (AvgIpc) is 3.18. The van der Waals surface area contributed by atoms with Gasteiger partial charge in [0.1, 0.15) is 5.60 Å². The van der Waals surface area contributed by atoms with Gasteiger partial charge in [0.15, 0.2) is 5.96 Å². The molecular formula is C22H33IN6O2. The Labute approximate surface area is 201 Å². The number of anilines is 1. The SMILES string of the molecule is CCNC(=NCc1ccc(N2CCCCC2=O)cc1)NCC(C)(O)c1cnn(C)c1.I. The highest BCUT2D eigenvalue weighted by molar-refractivity contribution is 14.0. The van der Waals surface area contributed by atoms with E-state index in [2.05, 4.69) is 20.7 Å². The number of piperidine rings is 1. The maximum atomic E-state index is 12.1. The van der Waals surface area contributed by atoms with Crippen molar-refractivity contribution < 1.29 is 9.90 Å². The van der Waals surface area contributed by atoms with Crippen LogP contribution in [0.2, 0.25) is 0 Å². The fourth-order valence-corrected chi connectivity index (χ4v) is 3.43. The van der Waals surface area contributed by atoms with Gasteiger partial charge in [-0.15, -0.1) is 24.0 Å². The minimum atomic E-state index is -1.06. The van der Waals surface area contributed by atoms with Crippen LogP contribution in [0.25, 0.3) is 0 Å². The zero-order valence-electron chi connectivity index (χ0n) is 18.5. The molecule has 1 amide bonds. The molecule has 2 aromatic rings. The van der Waals surface area contributed by atoms with E-state index in [1.54, 1.807) is 24.0 Å². The first kappa shape index (κ1) is 25.1. The standard InChI is InChI=1S/C22H32N6O2.HI/c1-4-23-21(25-16-22(2,30)18-14-26-27(3)15-18)24-13-17-8-10-19(11-9-17)28-12-6-5-7-20(28)29;/h8-11,14-15,30H,4-7,12-13,16H2,1-3H3,(H2,23,24,25);1H. The summed E-state index contributed by atoms with van der Waals surface area (Å²) < 4.78 is 1.67. The maximum absolute atomic E-state index is 12.1. The highest BCUT2D eigenvalue weighted by atomic mass is 127. The number of aryl methyl sites for hydroxylation is 1. The molecular weight excluding hydrogens is 507 g/mol. The Bertz CT molecular complexity index is 878. The van der Waals surface area contributed by atoms with E-state index >= 15 is 0 Å². The quantitative estimate of drug-likeness (QED) is 0.285. The molecule has 31 heavy (non-hydrogen) atoms. The van der Waals surface area contributed by atoms with Gasteiger partial charge >= 0.3 is 0 Å². The number of nitrogens with zero attached hydrogens (tertiary/aromatic N) is 4. The second kappa shape index (κ2) is 11.5. The van der Waals surface area contributed by atoms with Crippen molar-refractivity contribution in [3.8, 4) is 0 Å². The number of rotatable bonds is 7. The van der Waals surface area contributed by atoms with Crippen LogP contribution in [0.5, 0.6) is 0 Å². The van der Waals surface area contributed by atoms with Crippen LogP contribution in [0, 0.1) is 0 Å². The van der Waals surface area contributed by atoms with Crippen molar-refractivity contribution in [2.75, 3.05) is 24.5 Å². The molecule has 0 saturated carbocycles. The van der Waals surface area contributed by atoms with Crippen LogP contribution in [-0.4, -0.2) is 46.4 Å². The Morgan fingerprint density at radius 1 is 1.26 bits per heavy atom. The predicted molar refractivity (Wildman–Crippen MR) is 134 cm³/mol. The van der Waals surface area contributed by atoms with Crippen molar-refractivity contribution in [1.82, 2.24) is 20.4 Å². The lowest BCUT2D eigenvalue weighted by Gasteiger charge is -2.26. The number of nitrogens with one attached hydrogen (secondary N) is 2. The van der Waals surface area contributed by atoms with Crippen LogP contribution in [0.15, 0.2) is 41.7 Å². The van der Waals surface area contributed by atoms with Crippen LogP contribution in [-0.2, 0) is 24.0 Å². The molecule has 3 rings (SSSR count). The molecule has 2 heterocycles. The van der Waals surface area contributed by atoms with Gasteiger partial charge in [0, 0.05) is 44.0 Å². The molecule has 1 atom stereocenters. The van der Waals surface area contributed by atoms with Gasteiger partial charge in [0.05, 0.1) is 19.3 Å². The Morgan fingerprint density at radius 3 is 2.61 bits per heavy atom. The lowest BCUT2D eigenvalue weighted by atomic mass is 10.00. The number of hydrogen-bond donors (Lipinski definition) is 3. The third-order valence-corrected chi connectivity index (χ3v) is 5.26. The van der Waals surface area contributed by atoms with Gasteiger partial charge < -0.3 is 20.6 Å². The summed E-state index contributed by atoms with van der Waals surface area (Å²) in [5.41, 5.74) is 1.69. The van der Waals surface area contributed by atoms with Crippen molar-refractivity contribution in [3.63, 3.8) is 0 Å². The van der Waals surface area contributed by atoms with E-state index in [0.29, 0.717) is 25.5 Å². The summed E-state index contributed by atoms with van der Waals surface area (Å²) in [6, 6.07) is 8.00. The van der Waals surface area contributed by atoms with E-state index in [1.165, 1.54) is 0 Å². The second-order valence-corrected chi connectivity index (χ2v) is 7.89. The minimum absolute atomic E-state index is 0. The van der Waals surface area contributed by atoms with Crippen LogP contribution in [0.4, 0.5) is 5.69 Å². The minimum Gasteiger partial charge on any atom is -0.383 e. The van der Waals surface area contributed by atoms with Crippen molar-refractivity contribution in [2.45, 2.75) is 45.3 Å². The Balaban J connectivity index is 0.00000341. The molecule has 8 nitrogen and oxygen atoms in total. The molecule has 1 aliphatic heterocycles. The van der Waals surface area contributed by atoms with Crippen molar-refractivity contribution in [3.05, 3.63) is 47.8 Å². The summed E-state index contributed by atoms with van der Waals surface area (Å²) in [6.45, 7) is 6.07. The Hall–Kier alpha value is -2.14. The number of aliphatic imine (C=N–C) groups is 1. The predicted octanol–water partition coefficient (Wildman–Crippen LogP) is 2.52. The molecule has 0 radical (unpaired) electrons. The summed E-state index contributed by atoms with van der Waals surface area (Å²) in [7, 11) is 1.82. The number of guanidine groups is 1. The topological polar surface area (TPSA) is 94.8 Å². The van der Waals surface area contributed by atoms with Gasteiger partial charge in [-0.25, -0.2) is 4.99 Å². The Kier molecular flexibility index (Phi) is 9.30. The van der Waals surface area contributed by atoms with Gasteiger partial charge in [-0.05, 0) is 44.4 Å². The zero-order chi connectivity index (χ0) is 21.6. The molecule has 1 fully saturated rings. The number of halogens is 1. The maximum Gasteiger partial charge on any atom is 0.226 e. The van der Waals surface area contributed by atoms with Gasteiger partial charge in [-0.2, -0.15) is 5.10 Å². The number of aromatic nitrogens is 2. The van der Waals surface area contributed by atoms with Gasteiger partial charge in [0.25, 0.3) is 0 Å². The van der Waals surface area contributed by atoms with Crippen LogP contribution < -0.4 is 15.5 Å². The fourth-order valence-electron chi connectivity index (χ4n) is 3.43. The normalized spacial score (nSPS) is 16.5. The number of benzene rings is 1. The molecule has 1 aromatic heterocycles. The van der Waals surface area contributed by atoms with Crippen molar-refractivity contribution >= 4 is 41.5 Å². The summed E-state index contributed by atoms with van der Waals surface area (Å²) in [5.74, 6) is 0.836. The van der Waals surface area contributed by atoms with Crippen LogP contribution in [0.3, 0.4) is 0 Å². The Morgan fingerprint density at radius 2 is 2.00 bits per heavy atom. The lowest BCUT2D eigenvalue weighted by Crippen LogP contribution is -2.44. The third kappa shape index (κ3) is 6.93. The fraction of sp³-hybridized carbons (Fsp3) is 0.500. The van der Waals surface area contributed by atoms with Crippen molar-refractivity contribution in [2.24, 2.45) is 12.0 Å². The summed E-state index contributed by atoms with van der Waals surface area (Å²) in [6.07, 6.45) is 6.14. The number of aliphatic hydroxyl groups is 1. The molecule has 170 valence electrons. The average molecular weight is 540 g/mol. The number of hydrogen-bond acceptors (Lipinski definition) is 4. The van der Waals surface area contributed by atoms with Crippen LogP contribution in [0.1, 0.15) is 44.2 Å². The van der Waals surface area contributed by atoms with E-state index in [9.17, 15) is 9.90 Å². The highest BCUT2D eigenvalue weighted by Gasteiger charge is 2.25. The van der Waals surface area contributed by atoms with E-state index in [4.69, 9.17) is 0 Å². The van der Waals surface area contributed by atoms with Gasteiger partial charge in [0.2, 0.25) is 5.91 Å². The second-order valence-electron chi connectivity index (χ2n) is 7.89. The molecule has 0 spiro atoms. The first-order chi connectivity index (χ1) is 14.4. The number of carbonyl (C=O) groups excluding carboxylic acids is 1. The molecule has 1 saturated heterocycles. The first-order valence-electron chi connectivity index (χ1n) is 10.5. The molecule has 0 bridgehead atoms. The van der Waals surface area contributed by atoms with E-state index in [1.807, 2.05) is 43.1 Å². The third-order valence-electron chi connectivity index (χ3n) is 5.26. The molecule has 0 aliphatic carbocycles. The summed E-state index contributed by atoms with van der Waals surface area (Å²) in [5, 5.41) is 21.3. The summed E-state index contributed by atoms with van der Waals surface area (Å²) >= 11 is 0. The highest BCUT2D eigenvalue weighted by Crippen LogP contribution is 2.21. The first-order valence-corrected chi connectivity index (χ1v) is 10.5. The smallest absolute Gasteiger partial charge is 0.226 e. The largest absolute Gasteiger partial charge is 0.383 e.